The van der Waals surface area contributed by atoms with Gasteiger partial charge in [0, 0.05) is 16.6 Å². The van der Waals surface area contributed by atoms with E-state index in [-0.39, 0.29) is 11.3 Å². The summed E-state index contributed by atoms with van der Waals surface area (Å²) in [5.41, 5.74) is 1.11. The molecule has 16 heavy (non-hydrogen) atoms. The number of aryl methyl sites for hydroxylation is 1. The number of rotatable bonds is 1. The summed E-state index contributed by atoms with van der Waals surface area (Å²) in [4.78, 5) is 14.8. The minimum atomic E-state index is -1.22. The van der Waals surface area contributed by atoms with E-state index in [1.54, 1.807) is 13.0 Å². The number of aromatic carboxylic acids is 1. The first kappa shape index (κ1) is 10.7. The van der Waals surface area contributed by atoms with Crippen LogP contribution < -0.4 is 0 Å². The summed E-state index contributed by atoms with van der Waals surface area (Å²) in [6.45, 7) is 1.79. The Morgan fingerprint density at radius 3 is 2.75 bits per heavy atom. The van der Waals surface area contributed by atoms with E-state index in [2.05, 4.69) is 4.98 Å². The average molecular weight is 238 g/mol. The predicted octanol–water partition coefficient (Wildman–Crippen LogP) is 2.60. The molecule has 0 aliphatic rings. The smallest absolute Gasteiger partial charge is 0.341 e. The quantitative estimate of drug-likeness (QED) is 0.800. The highest BCUT2D eigenvalue weighted by Crippen LogP contribution is 2.31. The molecule has 2 N–H and O–H groups in total. The molecule has 0 radical (unpaired) electrons. The van der Waals surface area contributed by atoms with Crippen LogP contribution in [0.15, 0.2) is 18.3 Å². The minimum Gasteiger partial charge on any atom is -0.506 e. The number of hydrogen-bond acceptors (Lipinski definition) is 3. The van der Waals surface area contributed by atoms with Gasteiger partial charge in [0.2, 0.25) is 0 Å². The van der Waals surface area contributed by atoms with Gasteiger partial charge in [-0.05, 0) is 24.6 Å². The van der Waals surface area contributed by atoms with Crippen molar-refractivity contribution >= 4 is 28.5 Å². The Morgan fingerprint density at radius 2 is 2.12 bits per heavy atom. The molecule has 82 valence electrons. The lowest BCUT2D eigenvalue weighted by atomic mass is 10.1. The van der Waals surface area contributed by atoms with Gasteiger partial charge in [0.1, 0.15) is 11.3 Å². The lowest BCUT2D eigenvalue weighted by molar-refractivity contribution is 0.0693. The van der Waals surface area contributed by atoms with Gasteiger partial charge in [-0.25, -0.2) is 4.79 Å². The molecular weight excluding hydrogens is 230 g/mol. The monoisotopic (exact) mass is 237 g/mol. The van der Waals surface area contributed by atoms with Crippen LogP contribution >= 0.6 is 11.6 Å². The van der Waals surface area contributed by atoms with Crippen LogP contribution in [0.2, 0.25) is 5.02 Å². The topological polar surface area (TPSA) is 70.4 Å². The van der Waals surface area contributed by atoms with E-state index in [0.29, 0.717) is 15.9 Å². The molecule has 0 bridgehead atoms. The van der Waals surface area contributed by atoms with Gasteiger partial charge in [0.15, 0.2) is 0 Å². The molecular formula is C11H8ClNO3. The summed E-state index contributed by atoms with van der Waals surface area (Å²) in [5, 5.41) is 19.4. The van der Waals surface area contributed by atoms with Gasteiger partial charge in [0.25, 0.3) is 0 Å². The number of aromatic nitrogens is 1. The Labute approximate surface area is 96.1 Å². The van der Waals surface area contributed by atoms with E-state index >= 15 is 0 Å². The molecule has 0 aliphatic carbocycles. The normalized spacial score (nSPS) is 10.6. The van der Waals surface area contributed by atoms with Crippen LogP contribution in [-0.2, 0) is 0 Å². The number of carboxylic acids is 1. The van der Waals surface area contributed by atoms with Crippen LogP contribution in [0.3, 0.4) is 0 Å². The maximum Gasteiger partial charge on any atom is 0.341 e. The Kier molecular flexibility index (Phi) is 2.44. The molecule has 0 unspecified atom stereocenters. The Balaban J connectivity index is 2.89. The van der Waals surface area contributed by atoms with Crippen LogP contribution in [0.1, 0.15) is 15.9 Å². The second-order valence-electron chi connectivity index (χ2n) is 3.44. The molecule has 1 heterocycles. The van der Waals surface area contributed by atoms with Crippen molar-refractivity contribution < 1.29 is 15.0 Å². The summed E-state index contributed by atoms with van der Waals surface area (Å²) < 4.78 is 0. The number of nitrogens with zero attached hydrogens (tertiary/aromatic N) is 1. The van der Waals surface area contributed by atoms with Gasteiger partial charge in [0.05, 0.1) is 5.52 Å². The van der Waals surface area contributed by atoms with Crippen molar-refractivity contribution in [3.05, 3.63) is 34.5 Å². The highest BCUT2D eigenvalue weighted by Gasteiger charge is 2.14. The van der Waals surface area contributed by atoms with Gasteiger partial charge in [-0.15, -0.1) is 0 Å². The van der Waals surface area contributed by atoms with Gasteiger partial charge in [-0.1, -0.05) is 11.6 Å². The molecule has 0 atom stereocenters. The van der Waals surface area contributed by atoms with Gasteiger partial charge in [-0.2, -0.15) is 0 Å². The van der Waals surface area contributed by atoms with Gasteiger partial charge >= 0.3 is 5.97 Å². The van der Waals surface area contributed by atoms with Crippen molar-refractivity contribution in [1.82, 2.24) is 4.98 Å². The summed E-state index contributed by atoms with van der Waals surface area (Å²) in [7, 11) is 0. The average Bonchev–Trinajstić information content (AvgIpc) is 2.19. The van der Waals surface area contributed by atoms with Crippen LogP contribution in [0.5, 0.6) is 5.75 Å². The molecule has 5 heteroatoms. The molecule has 1 aromatic heterocycles. The van der Waals surface area contributed by atoms with Crippen molar-refractivity contribution in [1.29, 1.82) is 0 Å². The second-order valence-corrected chi connectivity index (χ2v) is 3.88. The molecule has 2 aromatic rings. The Bertz CT molecular complexity index is 595. The number of carbonyl (C=O) groups is 1. The minimum absolute atomic E-state index is 0.228. The summed E-state index contributed by atoms with van der Waals surface area (Å²) >= 11 is 5.84. The highest BCUT2D eigenvalue weighted by molar-refractivity contribution is 6.31. The maximum absolute atomic E-state index is 10.8. The molecule has 0 amide bonds. The molecule has 0 aliphatic heterocycles. The maximum atomic E-state index is 10.8. The van der Waals surface area contributed by atoms with Crippen LogP contribution in [-0.4, -0.2) is 21.2 Å². The molecule has 0 spiro atoms. The van der Waals surface area contributed by atoms with Crippen molar-refractivity contribution in [2.45, 2.75) is 6.92 Å². The van der Waals surface area contributed by atoms with E-state index < -0.39 is 5.97 Å². The summed E-state index contributed by atoms with van der Waals surface area (Å²) in [6.07, 6.45) is 1.14. The lowest BCUT2D eigenvalue weighted by Gasteiger charge is -2.06. The fourth-order valence-electron chi connectivity index (χ4n) is 1.58. The number of pyridine rings is 1. The van der Waals surface area contributed by atoms with Crippen LogP contribution in [0, 0.1) is 6.92 Å². The molecule has 0 saturated carbocycles. The number of fused-ring (bicyclic) bond motifs is 1. The first-order valence-electron chi connectivity index (χ1n) is 4.52. The zero-order valence-corrected chi connectivity index (χ0v) is 9.12. The first-order chi connectivity index (χ1) is 7.50. The standard InChI is InChI=1S/C11H8ClNO3/c1-5-2-6(12)3-7-9(5)13-4-8(10(7)14)11(15)16/h2-4H,1H3,(H,13,14)(H,15,16). The fourth-order valence-corrected chi connectivity index (χ4v) is 1.85. The molecule has 0 saturated heterocycles. The van der Waals surface area contributed by atoms with E-state index in [9.17, 15) is 9.90 Å². The number of halogens is 1. The van der Waals surface area contributed by atoms with E-state index in [1.165, 1.54) is 6.07 Å². The van der Waals surface area contributed by atoms with Crippen LogP contribution in [0.25, 0.3) is 10.9 Å². The first-order valence-corrected chi connectivity index (χ1v) is 4.89. The number of hydrogen-bond donors (Lipinski definition) is 2. The van der Waals surface area contributed by atoms with Crippen LogP contribution in [0.4, 0.5) is 0 Å². The van der Waals surface area contributed by atoms with Gasteiger partial charge in [-0.3, -0.25) is 4.98 Å². The van der Waals surface area contributed by atoms with E-state index in [0.717, 1.165) is 11.8 Å². The molecule has 0 fully saturated rings. The molecule has 2 rings (SSSR count). The third-order valence-corrected chi connectivity index (χ3v) is 2.55. The number of benzene rings is 1. The zero-order valence-electron chi connectivity index (χ0n) is 8.36. The molecule has 4 nitrogen and oxygen atoms in total. The predicted molar refractivity (Wildman–Crippen MR) is 60.1 cm³/mol. The summed E-state index contributed by atoms with van der Waals surface area (Å²) in [5.74, 6) is -1.52. The summed E-state index contributed by atoms with van der Waals surface area (Å²) in [6, 6.07) is 3.20. The zero-order chi connectivity index (χ0) is 11.9. The number of aromatic hydroxyl groups is 1. The Hall–Kier alpha value is -1.81. The van der Waals surface area contributed by atoms with Crippen molar-refractivity contribution in [3.8, 4) is 5.75 Å². The van der Waals surface area contributed by atoms with Crippen molar-refractivity contribution in [2.75, 3.05) is 0 Å². The Morgan fingerprint density at radius 1 is 1.44 bits per heavy atom. The highest BCUT2D eigenvalue weighted by atomic mass is 35.5. The van der Waals surface area contributed by atoms with E-state index in [1.807, 2.05) is 0 Å². The third kappa shape index (κ3) is 1.57. The van der Waals surface area contributed by atoms with Crippen molar-refractivity contribution in [3.63, 3.8) is 0 Å². The SMILES string of the molecule is Cc1cc(Cl)cc2c(O)c(C(=O)O)cnc12. The molecule has 1 aromatic carbocycles. The second kappa shape index (κ2) is 3.64. The van der Waals surface area contributed by atoms with Crippen molar-refractivity contribution in [2.24, 2.45) is 0 Å². The van der Waals surface area contributed by atoms with Gasteiger partial charge < -0.3 is 10.2 Å². The fraction of sp³-hybridized carbons (Fsp3) is 0.0909. The van der Waals surface area contributed by atoms with E-state index in [4.69, 9.17) is 16.7 Å². The number of carboxylic acid groups (broad SMARTS) is 1. The largest absolute Gasteiger partial charge is 0.506 e. The third-order valence-electron chi connectivity index (χ3n) is 2.33. The lowest BCUT2D eigenvalue weighted by Crippen LogP contribution is -1.99.